The lowest BCUT2D eigenvalue weighted by Gasteiger charge is -2.25. The van der Waals surface area contributed by atoms with Gasteiger partial charge in [-0.1, -0.05) is 18.2 Å². The number of carbonyl (C=O) groups is 1. The third kappa shape index (κ3) is 3.76. The fourth-order valence-electron chi connectivity index (χ4n) is 2.33. The Hall–Kier alpha value is -2.76. The fourth-order valence-corrected chi connectivity index (χ4v) is 2.33. The molecule has 1 N–H and O–H groups in total. The van der Waals surface area contributed by atoms with Crippen molar-refractivity contribution in [3.05, 3.63) is 48.2 Å². The molecule has 1 aromatic carbocycles. The average molecular weight is 328 g/mol. The second-order valence-electron chi connectivity index (χ2n) is 5.72. The predicted octanol–water partition coefficient (Wildman–Crippen LogP) is 2.33. The highest BCUT2D eigenvalue weighted by Gasteiger charge is 2.27. The van der Waals surface area contributed by atoms with E-state index >= 15 is 0 Å². The van der Waals surface area contributed by atoms with E-state index in [2.05, 4.69) is 10.3 Å². The first-order valence-electron chi connectivity index (χ1n) is 7.90. The number of amides is 1. The molecule has 1 aliphatic heterocycles. The van der Waals surface area contributed by atoms with Crippen LogP contribution in [0.25, 0.3) is 0 Å². The molecule has 126 valence electrons. The van der Waals surface area contributed by atoms with Crippen molar-refractivity contribution in [3.63, 3.8) is 0 Å². The summed E-state index contributed by atoms with van der Waals surface area (Å²) in [6.07, 6.45) is 1.00. The first-order chi connectivity index (χ1) is 11.6. The first-order valence-corrected chi connectivity index (χ1v) is 7.90. The Kier molecular flexibility index (Phi) is 4.84. The Bertz CT molecular complexity index is 718. The van der Waals surface area contributed by atoms with E-state index in [1.165, 1.54) is 0 Å². The van der Waals surface area contributed by atoms with Crippen molar-refractivity contribution in [3.8, 4) is 17.4 Å². The number of fused-ring (bicyclic) bond motifs is 1. The Morgan fingerprint density at radius 3 is 2.88 bits per heavy atom. The molecule has 3 rings (SSSR count). The van der Waals surface area contributed by atoms with Gasteiger partial charge in [0.05, 0.1) is 6.10 Å². The number of rotatable bonds is 5. The van der Waals surface area contributed by atoms with Crippen LogP contribution in [0.5, 0.6) is 17.4 Å². The van der Waals surface area contributed by atoms with Crippen LogP contribution in [0.15, 0.2) is 42.6 Å². The van der Waals surface area contributed by atoms with Gasteiger partial charge in [0.1, 0.15) is 6.61 Å². The number of nitrogens with zero attached hydrogens (tertiary/aromatic N) is 1. The highest BCUT2D eigenvalue weighted by atomic mass is 16.6. The summed E-state index contributed by atoms with van der Waals surface area (Å²) in [6.45, 7) is 4.37. The fraction of sp³-hybridized carbons (Fsp3) is 0.333. The highest BCUT2D eigenvalue weighted by Crippen LogP contribution is 2.30. The van der Waals surface area contributed by atoms with E-state index in [1.54, 1.807) is 12.3 Å². The summed E-state index contributed by atoms with van der Waals surface area (Å²) in [5.41, 5.74) is 0.816. The van der Waals surface area contributed by atoms with Crippen molar-refractivity contribution in [2.45, 2.75) is 32.6 Å². The predicted molar refractivity (Wildman–Crippen MR) is 88.2 cm³/mol. The number of aromatic nitrogens is 1. The van der Waals surface area contributed by atoms with Gasteiger partial charge in [-0.05, 0) is 32.0 Å². The molecule has 1 atom stereocenters. The Morgan fingerprint density at radius 1 is 1.29 bits per heavy atom. The molecule has 0 fully saturated rings. The Morgan fingerprint density at radius 2 is 2.08 bits per heavy atom. The average Bonchev–Trinajstić information content (AvgIpc) is 2.60. The van der Waals surface area contributed by atoms with Crippen LogP contribution in [0.4, 0.5) is 0 Å². The number of hydrogen-bond acceptors (Lipinski definition) is 5. The quantitative estimate of drug-likeness (QED) is 0.912. The molecular formula is C18H20N2O4. The Balaban J connectivity index is 1.61. The van der Waals surface area contributed by atoms with Gasteiger partial charge in [-0.15, -0.1) is 0 Å². The van der Waals surface area contributed by atoms with Gasteiger partial charge in [0.2, 0.25) is 12.0 Å². The monoisotopic (exact) mass is 328 g/mol. The van der Waals surface area contributed by atoms with Crippen LogP contribution in [0.2, 0.25) is 0 Å². The molecule has 0 saturated carbocycles. The summed E-state index contributed by atoms with van der Waals surface area (Å²) in [4.78, 5) is 16.5. The maximum absolute atomic E-state index is 12.3. The van der Waals surface area contributed by atoms with Crippen molar-refractivity contribution >= 4 is 5.91 Å². The molecule has 2 aromatic rings. The number of carbonyl (C=O) groups excluding carboxylic acids is 1. The molecule has 0 spiro atoms. The van der Waals surface area contributed by atoms with Gasteiger partial charge in [-0.25, -0.2) is 4.98 Å². The number of pyridine rings is 1. The van der Waals surface area contributed by atoms with Gasteiger partial charge in [0.15, 0.2) is 11.5 Å². The molecule has 0 bridgehead atoms. The van der Waals surface area contributed by atoms with Crippen LogP contribution in [-0.2, 0) is 11.3 Å². The highest BCUT2D eigenvalue weighted by molar-refractivity contribution is 5.81. The van der Waals surface area contributed by atoms with Crippen molar-refractivity contribution in [1.82, 2.24) is 10.3 Å². The number of benzene rings is 1. The molecule has 6 nitrogen and oxygen atoms in total. The summed E-state index contributed by atoms with van der Waals surface area (Å²) >= 11 is 0. The van der Waals surface area contributed by atoms with Crippen LogP contribution < -0.4 is 19.5 Å². The standard InChI is InChI=1S/C18H20N2O4/c1-12(2)23-18-13(6-5-9-19-18)10-20-17(21)16-11-22-14-7-3-4-8-15(14)24-16/h3-9,12,16H,10-11H2,1-2H3,(H,20,21)/t16-/m1/s1. The Labute approximate surface area is 140 Å². The van der Waals surface area contributed by atoms with Crippen molar-refractivity contribution in [1.29, 1.82) is 0 Å². The molecule has 0 aliphatic carbocycles. The van der Waals surface area contributed by atoms with Gasteiger partial charge in [0, 0.05) is 18.3 Å². The van der Waals surface area contributed by atoms with Gasteiger partial charge < -0.3 is 19.5 Å². The summed E-state index contributed by atoms with van der Waals surface area (Å²) in [5.74, 6) is 1.53. The molecule has 0 radical (unpaired) electrons. The van der Waals surface area contributed by atoms with E-state index in [4.69, 9.17) is 14.2 Å². The molecule has 1 aliphatic rings. The van der Waals surface area contributed by atoms with Crippen molar-refractivity contribution in [2.75, 3.05) is 6.61 Å². The van der Waals surface area contributed by atoms with Gasteiger partial charge >= 0.3 is 0 Å². The van der Waals surface area contributed by atoms with E-state index in [1.807, 2.05) is 44.2 Å². The molecule has 6 heteroatoms. The normalized spacial score (nSPS) is 15.9. The SMILES string of the molecule is CC(C)Oc1ncccc1CNC(=O)[C@H]1COc2ccccc2O1. The summed E-state index contributed by atoms with van der Waals surface area (Å²) < 4.78 is 16.9. The topological polar surface area (TPSA) is 69.7 Å². The van der Waals surface area contributed by atoms with Crippen molar-refractivity contribution < 1.29 is 19.0 Å². The maximum atomic E-state index is 12.3. The van der Waals surface area contributed by atoms with Gasteiger partial charge in [-0.3, -0.25) is 4.79 Å². The van der Waals surface area contributed by atoms with Crippen LogP contribution in [0.1, 0.15) is 19.4 Å². The minimum Gasteiger partial charge on any atom is -0.485 e. The van der Waals surface area contributed by atoms with Gasteiger partial charge in [0.25, 0.3) is 5.91 Å². The minimum atomic E-state index is -0.675. The number of hydrogen-bond donors (Lipinski definition) is 1. The largest absolute Gasteiger partial charge is 0.485 e. The summed E-state index contributed by atoms with van der Waals surface area (Å²) in [6, 6.07) is 11.0. The van der Waals surface area contributed by atoms with Crippen molar-refractivity contribution in [2.24, 2.45) is 0 Å². The van der Waals surface area contributed by atoms with E-state index in [-0.39, 0.29) is 18.6 Å². The lowest BCUT2D eigenvalue weighted by molar-refractivity contribution is -0.130. The zero-order valence-electron chi connectivity index (χ0n) is 13.7. The molecule has 0 saturated heterocycles. The second-order valence-corrected chi connectivity index (χ2v) is 5.72. The van der Waals surface area contributed by atoms with Crippen LogP contribution in [0.3, 0.4) is 0 Å². The van der Waals surface area contributed by atoms with E-state index < -0.39 is 6.10 Å². The third-order valence-electron chi connectivity index (χ3n) is 3.45. The van der Waals surface area contributed by atoms with Crippen LogP contribution in [0, 0.1) is 0 Å². The second kappa shape index (κ2) is 7.21. The lowest BCUT2D eigenvalue weighted by atomic mass is 10.2. The van der Waals surface area contributed by atoms with E-state index in [0.717, 1.165) is 5.56 Å². The summed E-state index contributed by atoms with van der Waals surface area (Å²) in [5, 5.41) is 2.85. The first kappa shape index (κ1) is 16.1. The zero-order chi connectivity index (χ0) is 16.9. The summed E-state index contributed by atoms with van der Waals surface area (Å²) in [7, 11) is 0. The van der Waals surface area contributed by atoms with Crippen LogP contribution >= 0.6 is 0 Å². The third-order valence-corrected chi connectivity index (χ3v) is 3.45. The van der Waals surface area contributed by atoms with E-state index in [9.17, 15) is 4.79 Å². The number of nitrogens with one attached hydrogen (secondary N) is 1. The number of ether oxygens (including phenoxy) is 3. The zero-order valence-corrected chi connectivity index (χ0v) is 13.7. The molecule has 2 heterocycles. The smallest absolute Gasteiger partial charge is 0.264 e. The van der Waals surface area contributed by atoms with Gasteiger partial charge in [-0.2, -0.15) is 0 Å². The van der Waals surface area contributed by atoms with Crippen LogP contribution in [-0.4, -0.2) is 29.7 Å². The maximum Gasteiger partial charge on any atom is 0.264 e. The number of para-hydroxylation sites is 2. The molecule has 1 aromatic heterocycles. The lowest BCUT2D eigenvalue weighted by Crippen LogP contribution is -2.43. The molecule has 24 heavy (non-hydrogen) atoms. The molecule has 0 unspecified atom stereocenters. The minimum absolute atomic E-state index is 0.0148. The molecule has 1 amide bonds. The van der Waals surface area contributed by atoms with E-state index in [0.29, 0.717) is 23.9 Å². The molecular weight excluding hydrogens is 308 g/mol.